The molecule has 0 unspecified atom stereocenters. The molecule has 0 atom stereocenters. The average Bonchev–Trinajstić information content (AvgIpc) is 2.98. The van der Waals surface area contributed by atoms with Gasteiger partial charge in [0.1, 0.15) is 11.3 Å². The van der Waals surface area contributed by atoms with Crippen LogP contribution in [-0.2, 0) is 0 Å². The molecular weight excluding hydrogens is 354 g/mol. The Labute approximate surface area is 164 Å². The van der Waals surface area contributed by atoms with Crippen molar-refractivity contribution in [2.45, 2.75) is 43.8 Å². The van der Waals surface area contributed by atoms with Crippen LogP contribution < -0.4 is 0 Å². The molecule has 1 aromatic carbocycles. The van der Waals surface area contributed by atoms with E-state index >= 15 is 0 Å². The second kappa shape index (κ2) is 7.39. The summed E-state index contributed by atoms with van der Waals surface area (Å²) in [7, 11) is 0. The molecule has 4 nitrogen and oxygen atoms in total. The highest BCUT2D eigenvalue weighted by Crippen LogP contribution is 2.32. The van der Waals surface area contributed by atoms with E-state index < -0.39 is 0 Å². The zero-order valence-corrected chi connectivity index (χ0v) is 16.9. The Morgan fingerprint density at radius 1 is 1.07 bits per heavy atom. The van der Waals surface area contributed by atoms with Crippen LogP contribution in [0.4, 0.5) is 0 Å². The number of fused-ring (bicyclic) bond motifs is 1. The van der Waals surface area contributed by atoms with Crippen LogP contribution in [0.1, 0.15) is 40.2 Å². The number of hydrogen-bond acceptors (Lipinski definition) is 3. The van der Waals surface area contributed by atoms with Crippen LogP contribution in [0.3, 0.4) is 0 Å². The standard InChI is InChI=1S/C22H25N3OS/c1-15-8-9-20-23-17(3)21(25(20)14-15)22(26)24-12-10-18(11-13-24)27-19-7-5-4-6-16(19)2/h4-9,14,18H,10-13H2,1-3H3. The number of imidazole rings is 1. The van der Waals surface area contributed by atoms with Crippen molar-refractivity contribution in [1.82, 2.24) is 14.3 Å². The third kappa shape index (κ3) is 3.61. The van der Waals surface area contributed by atoms with Gasteiger partial charge in [-0.2, -0.15) is 0 Å². The molecule has 0 saturated carbocycles. The number of aryl methyl sites for hydroxylation is 3. The van der Waals surface area contributed by atoms with Gasteiger partial charge in [-0.25, -0.2) is 4.98 Å². The molecule has 0 spiro atoms. The van der Waals surface area contributed by atoms with E-state index in [-0.39, 0.29) is 5.91 Å². The van der Waals surface area contributed by atoms with E-state index in [1.54, 1.807) is 0 Å². The highest BCUT2D eigenvalue weighted by Gasteiger charge is 2.27. The largest absolute Gasteiger partial charge is 0.337 e. The lowest BCUT2D eigenvalue weighted by molar-refractivity contribution is 0.0719. The van der Waals surface area contributed by atoms with E-state index in [0.29, 0.717) is 10.9 Å². The van der Waals surface area contributed by atoms with E-state index in [9.17, 15) is 4.79 Å². The Hall–Kier alpha value is -2.27. The molecule has 1 fully saturated rings. The van der Waals surface area contributed by atoms with E-state index in [0.717, 1.165) is 42.8 Å². The second-order valence-electron chi connectivity index (χ2n) is 7.36. The van der Waals surface area contributed by atoms with Crippen molar-refractivity contribution >= 4 is 23.3 Å². The fourth-order valence-corrected chi connectivity index (χ4v) is 4.94. The first-order valence-electron chi connectivity index (χ1n) is 9.50. The van der Waals surface area contributed by atoms with Crippen LogP contribution in [0.5, 0.6) is 0 Å². The molecule has 140 valence electrons. The van der Waals surface area contributed by atoms with Gasteiger partial charge in [0.15, 0.2) is 0 Å². The van der Waals surface area contributed by atoms with Crippen LogP contribution in [0.25, 0.3) is 5.65 Å². The van der Waals surface area contributed by atoms with E-state index in [1.165, 1.54) is 10.5 Å². The highest BCUT2D eigenvalue weighted by atomic mass is 32.2. The number of rotatable bonds is 3. The maximum absolute atomic E-state index is 13.2. The molecule has 0 aliphatic carbocycles. The number of thioether (sulfide) groups is 1. The number of likely N-dealkylation sites (tertiary alicyclic amines) is 1. The van der Waals surface area contributed by atoms with Gasteiger partial charge in [0, 0.05) is 29.4 Å². The second-order valence-corrected chi connectivity index (χ2v) is 8.70. The molecule has 1 aliphatic rings. The fourth-order valence-electron chi connectivity index (χ4n) is 3.72. The van der Waals surface area contributed by atoms with Gasteiger partial charge < -0.3 is 4.90 Å². The number of amides is 1. The molecule has 2 aromatic heterocycles. The smallest absolute Gasteiger partial charge is 0.272 e. The molecular formula is C22H25N3OS. The minimum absolute atomic E-state index is 0.102. The summed E-state index contributed by atoms with van der Waals surface area (Å²) < 4.78 is 1.95. The molecule has 27 heavy (non-hydrogen) atoms. The Morgan fingerprint density at radius 2 is 1.81 bits per heavy atom. The minimum Gasteiger partial charge on any atom is -0.337 e. The summed E-state index contributed by atoms with van der Waals surface area (Å²) in [5.41, 5.74) is 4.81. The van der Waals surface area contributed by atoms with Gasteiger partial charge >= 0.3 is 0 Å². The van der Waals surface area contributed by atoms with Crippen molar-refractivity contribution in [3.05, 3.63) is 65.1 Å². The minimum atomic E-state index is 0.102. The number of benzene rings is 1. The SMILES string of the molecule is Cc1ccc2nc(C)c(C(=O)N3CCC(Sc4ccccc4C)CC3)n2c1. The molecule has 3 aromatic rings. The van der Waals surface area contributed by atoms with Crippen LogP contribution >= 0.6 is 11.8 Å². The number of carbonyl (C=O) groups excluding carboxylic acids is 1. The molecule has 5 heteroatoms. The van der Waals surface area contributed by atoms with Crippen molar-refractivity contribution in [2.75, 3.05) is 13.1 Å². The van der Waals surface area contributed by atoms with E-state index in [2.05, 4.69) is 36.2 Å². The molecule has 0 radical (unpaired) electrons. The maximum Gasteiger partial charge on any atom is 0.272 e. The van der Waals surface area contributed by atoms with Gasteiger partial charge in [0.2, 0.25) is 0 Å². The summed E-state index contributed by atoms with van der Waals surface area (Å²) in [6.45, 7) is 7.74. The van der Waals surface area contributed by atoms with Crippen molar-refractivity contribution in [1.29, 1.82) is 0 Å². The summed E-state index contributed by atoms with van der Waals surface area (Å²) in [5, 5.41) is 0.570. The summed E-state index contributed by atoms with van der Waals surface area (Å²) in [5.74, 6) is 0.102. The molecule has 0 bridgehead atoms. The predicted octanol–water partition coefficient (Wildman–Crippen LogP) is 4.66. The van der Waals surface area contributed by atoms with Crippen LogP contribution in [0.2, 0.25) is 0 Å². The van der Waals surface area contributed by atoms with Crippen molar-refractivity contribution < 1.29 is 4.79 Å². The Kier molecular flexibility index (Phi) is 4.96. The van der Waals surface area contributed by atoms with E-state index in [1.807, 2.05) is 53.2 Å². The van der Waals surface area contributed by atoms with Crippen LogP contribution in [-0.4, -0.2) is 38.5 Å². The number of carbonyl (C=O) groups is 1. The summed E-state index contributed by atoms with van der Waals surface area (Å²) in [4.78, 5) is 21.1. The lowest BCUT2D eigenvalue weighted by atomic mass is 10.1. The van der Waals surface area contributed by atoms with Gasteiger partial charge in [-0.15, -0.1) is 11.8 Å². The quantitative estimate of drug-likeness (QED) is 0.664. The molecule has 1 saturated heterocycles. The zero-order chi connectivity index (χ0) is 19.0. The molecule has 1 amide bonds. The number of aromatic nitrogens is 2. The number of hydrogen-bond donors (Lipinski definition) is 0. The normalized spacial score (nSPS) is 15.4. The lowest BCUT2D eigenvalue weighted by Crippen LogP contribution is -2.40. The number of pyridine rings is 1. The van der Waals surface area contributed by atoms with Gasteiger partial charge in [-0.1, -0.05) is 24.3 Å². The van der Waals surface area contributed by atoms with E-state index in [4.69, 9.17) is 0 Å². The highest BCUT2D eigenvalue weighted by molar-refractivity contribution is 8.00. The maximum atomic E-state index is 13.2. The predicted molar refractivity (Wildman–Crippen MR) is 111 cm³/mol. The summed E-state index contributed by atoms with van der Waals surface area (Å²) in [6.07, 6.45) is 4.06. The van der Waals surface area contributed by atoms with Crippen molar-refractivity contribution in [3.63, 3.8) is 0 Å². The van der Waals surface area contributed by atoms with Gasteiger partial charge in [-0.05, 0) is 56.9 Å². The Balaban J connectivity index is 1.47. The van der Waals surface area contributed by atoms with Gasteiger partial charge in [-0.3, -0.25) is 9.20 Å². The molecule has 4 rings (SSSR count). The van der Waals surface area contributed by atoms with Crippen molar-refractivity contribution in [3.8, 4) is 0 Å². The molecule has 3 heterocycles. The van der Waals surface area contributed by atoms with Crippen LogP contribution in [0.15, 0.2) is 47.5 Å². The Bertz CT molecular complexity index is 986. The Morgan fingerprint density at radius 3 is 2.56 bits per heavy atom. The monoisotopic (exact) mass is 379 g/mol. The summed E-state index contributed by atoms with van der Waals surface area (Å²) >= 11 is 1.95. The third-order valence-corrected chi connectivity index (χ3v) is 6.78. The average molecular weight is 380 g/mol. The fraction of sp³-hybridized carbons (Fsp3) is 0.364. The topological polar surface area (TPSA) is 37.6 Å². The zero-order valence-electron chi connectivity index (χ0n) is 16.1. The first-order chi connectivity index (χ1) is 13.0. The number of nitrogens with zero attached hydrogens (tertiary/aromatic N) is 3. The van der Waals surface area contributed by atoms with Crippen LogP contribution in [0, 0.1) is 20.8 Å². The third-order valence-electron chi connectivity index (χ3n) is 5.26. The summed E-state index contributed by atoms with van der Waals surface area (Å²) in [6, 6.07) is 12.6. The first-order valence-corrected chi connectivity index (χ1v) is 10.4. The van der Waals surface area contributed by atoms with Crippen molar-refractivity contribution in [2.24, 2.45) is 0 Å². The first kappa shape index (κ1) is 18.1. The van der Waals surface area contributed by atoms with Gasteiger partial charge in [0.05, 0.1) is 5.69 Å². The number of piperidine rings is 1. The molecule has 0 N–H and O–H groups in total. The lowest BCUT2D eigenvalue weighted by Gasteiger charge is -2.32. The molecule has 1 aliphatic heterocycles. The van der Waals surface area contributed by atoms with Gasteiger partial charge in [0.25, 0.3) is 5.91 Å².